The van der Waals surface area contributed by atoms with Gasteiger partial charge in [0.2, 0.25) is 0 Å². The molecule has 1 saturated heterocycles. The fourth-order valence-electron chi connectivity index (χ4n) is 1.93. The average Bonchev–Trinajstić information content (AvgIpc) is 2.81. The first kappa shape index (κ1) is 11.1. The van der Waals surface area contributed by atoms with Crippen LogP contribution in [0.5, 0.6) is 0 Å². The van der Waals surface area contributed by atoms with E-state index in [1.54, 1.807) is 11.3 Å². The smallest absolute Gasteiger partial charge is 0.0889 e. The molecule has 1 fully saturated rings. The third-order valence-corrected chi connectivity index (χ3v) is 3.94. The normalized spacial score (nSPS) is 23.9. The number of ether oxygens (including phenoxy) is 1. The van der Waals surface area contributed by atoms with Crippen LogP contribution in [-0.4, -0.2) is 19.2 Å². The van der Waals surface area contributed by atoms with Gasteiger partial charge >= 0.3 is 0 Å². The van der Waals surface area contributed by atoms with Crippen molar-refractivity contribution in [1.29, 1.82) is 0 Å². The highest BCUT2D eigenvalue weighted by Crippen LogP contribution is 2.22. The van der Waals surface area contributed by atoms with Crippen LogP contribution in [0.3, 0.4) is 0 Å². The summed E-state index contributed by atoms with van der Waals surface area (Å²) in [6, 6.07) is 4.80. The van der Waals surface area contributed by atoms with Gasteiger partial charge in [-0.15, -0.1) is 11.3 Å². The summed E-state index contributed by atoms with van der Waals surface area (Å²) in [7, 11) is 0. The summed E-state index contributed by atoms with van der Waals surface area (Å²) < 4.78 is 5.87. The molecule has 1 N–H and O–H groups in total. The van der Waals surface area contributed by atoms with Crippen LogP contribution >= 0.6 is 11.3 Å². The molecule has 2 rings (SSSR count). The Hall–Kier alpha value is -0.380. The highest BCUT2D eigenvalue weighted by molar-refractivity contribution is 7.10. The second-order valence-electron chi connectivity index (χ2n) is 4.14. The van der Waals surface area contributed by atoms with Gasteiger partial charge in [-0.25, -0.2) is 0 Å². The molecule has 2 atom stereocenters. The van der Waals surface area contributed by atoms with Gasteiger partial charge in [-0.1, -0.05) is 12.5 Å². The van der Waals surface area contributed by atoms with Crippen LogP contribution in [0.25, 0.3) is 0 Å². The molecule has 3 heteroatoms. The first-order chi connectivity index (χ1) is 7.36. The molecule has 84 valence electrons. The van der Waals surface area contributed by atoms with Crippen molar-refractivity contribution < 1.29 is 4.74 Å². The van der Waals surface area contributed by atoms with Gasteiger partial charge in [-0.05, 0) is 37.8 Å². The number of thiophene rings is 1. The number of piperidine rings is 1. The molecule has 1 aromatic rings. The summed E-state index contributed by atoms with van der Waals surface area (Å²) in [5.74, 6) is 0. The highest BCUT2D eigenvalue weighted by atomic mass is 32.1. The zero-order valence-electron chi connectivity index (χ0n) is 9.24. The van der Waals surface area contributed by atoms with Crippen molar-refractivity contribution in [3.63, 3.8) is 0 Å². The maximum absolute atomic E-state index is 5.87. The van der Waals surface area contributed by atoms with Crippen molar-refractivity contribution in [2.24, 2.45) is 0 Å². The second-order valence-corrected chi connectivity index (χ2v) is 5.12. The van der Waals surface area contributed by atoms with E-state index < -0.39 is 0 Å². The summed E-state index contributed by atoms with van der Waals surface area (Å²) in [5, 5.41) is 5.60. The third kappa shape index (κ3) is 3.30. The van der Waals surface area contributed by atoms with Crippen molar-refractivity contribution in [2.75, 3.05) is 13.2 Å². The fourth-order valence-corrected chi connectivity index (χ4v) is 2.66. The van der Waals surface area contributed by atoms with E-state index in [9.17, 15) is 0 Å². The lowest BCUT2D eigenvalue weighted by Gasteiger charge is -2.24. The quantitative estimate of drug-likeness (QED) is 0.850. The second kappa shape index (κ2) is 5.64. The molecular weight excluding hydrogens is 206 g/mol. The Morgan fingerprint density at radius 3 is 3.20 bits per heavy atom. The van der Waals surface area contributed by atoms with E-state index >= 15 is 0 Å². The van der Waals surface area contributed by atoms with Crippen LogP contribution in [-0.2, 0) is 4.74 Å². The Morgan fingerprint density at radius 2 is 2.53 bits per heavy atom. The lowest BCUT2D eigenvalue weighted by molar-refractivity contribution is 0.0461. The topological polar surface area (TPSA) is 21.3 Å². The van der Waals surface area contributed by atoms with Gasteiger partial charge in [-0.3, -0.25) is 0 Å². The number of hydrogen-bond donors (Lipinski definition) is 1. The Kier molecular flexibility index (Phi) is 4.18. The summed E-state index contributed by atoms with van der Waals surface area (Å²) in [6.07, 6.45) is 4.16. The van der Waals surface area contributed by atoms with Crippen molar-refractivity contribution in [2.45, 2.75) is 38.3 Å². The number of hydrogen-bond acceptors (Lipinski definition) is 3. The van der Waals surface area contributed by atoms with Crippen molar-refractivity contribution in [3.8, 4) is 0 Å². The molecule has 2 heterocycles. The molecule has 15 heavy (non-hydrogen) atoms. The number of nitrogens with one attached hydrogen (secondary N) is 1. The van der Waals surface area contributed by atoms with Gasteiger partial charge in [0.25, 0.3) is 0 Å². The minimum atomic E-state index is 0.244. The molecule has 2 nitrogen and oxygen atoms in total. The third-order valence-electron chi connectivity index (χ3n) is 2.90. The number of rotatable bonds is 4. The van der Waals surface area contributed by atoms with Crippen LogP contribution in [0.4, 0.5) is 0 Å². The van der Waals surface area contributed by atoms with Crippen LogP contribution in [0.15, 0.2) is 17.5 Å². The van der Waals surface area contributed by atoms with Crippen LogP contribution in [0, 0.1) is 0 Å². The lowest BCUT2D eigenvalue weighted by Crippen LogP contribution is -2.37. The molecule has 1 aromatic heterocycles. The molecule has 0 spiro atoms. The lowest BCUT2D eigenvalue weighted by atomic mass is 10.1. The minimum Gasteiger partial charge on any atom is -0.371 e. The zero-order valence-corrected chi connectivity index (χ0v) is 10.1. The Labute approximate surface area is 95.6 Å². The molecule has 0 unspecified atom stereocenters. The standard InChI is InChI=1S/C12H19NOS/c1-10(12-6-4-8-15-12)14-9-11-5-2-3-7-13-11/h4,6,8,10-11,13H,2-3,5,7,9H2,1H3/t10-,11-/m0/s1. The van der Waals surface area contributed by atoms with E-state index in [1.165, 1.54) is 24.1 Å². The monoisotopic (exact) mass is 225 g/mol. The van der Waals surface area contributed by atoms with Gasteiger partial charge in [0.15, 0.2) is 0 Å². The predicted octanol–water partition coefficient (Wildman–Crippen LogP) is 2.97. The van der Waals surface area contributed by atoms with E-state index in [0.29, 0.717) is 6.04 Å². The van der Waals surface area contributed by atoms with Gasteiger partial charge in [0.1, 0.15) is 0 Å². The van der Waals surface area contributed by atoms with Crippen LogP contribution in [0.1, 0.15) is 37.2 Å². The summed E-state index contributed by atoms with van der Waals surface area (Å²) in [6.45, 7) is 4.13. The van der Waals surface area contributed by atoms with Crippen LogP contribution < -0.4 is 5.32 Å². The molecule has 0 amide bonds. The maximum Gasteiger partial charge on any atom is 0.0889 e. The average molecular weight is 225 g/mol. The molecule has 0 bridgehead atoms. The Bertz CT molecular complexity index is 267. The molecule has 0 saturated carbocycles. The summed E-state index contributed by atoms with van der Waals surface area (Å²) in [5.41, 5.74) is 0. The first-order valence-electron chi connectivity index (χ1n) is 5.74. The fraction of sp³-hybridized carbons (Fsp3) is 0.667. The van der Waals surface area contributed by atoms with E-state index in [0.717, 1.165) is 13.2 Å². The zero-order chi connectivity index (χ0) is 10.5. The summed E-state index contributed by atoms with van der Waals surface area (Å²) >= 11 is 1.77. The van der Waals surface area contributed by atoms with Crippen LogP contribution in [0.2, 0.25) is 0 Å². The summed E-state index contributed by atoms with van der Waals surface area (Å²) in [4.78, 5) is 1.32. The van der Waals surface area contributed by atoms with E-state index in [-0.39, 0.29) is 6.10 Å². The minimum absolute atomic E-state index is 0.244. The van der Waals surface area contributed by atoms with E-state index in [4.69, 9.17) is 4.74 Å². The first-order valence-corrected chi connectivity index (χ1v) is 6.62. The van der Waals surface area contributed by atoms with Gasteiger partial charge in [0, 0.05) is 10.9 Å². The predicted molar refractivity (Wildman–Crippen MR) is 64.3 cm³/mol. The van der Waals surface area contributed by atoms with Crippen molar-refractivity contribution in [3.05, 3.63) is 22.4 Å². The molecule has 1 aliphatic rings. The SMILES string of the molecule is C[C@H](OC[C@@H]1CCCCN1)c1cccs1. The molecule has 0 aromatic carbocycles. The van der Waals surface area contributed by atoms with Gasteiger partial charge in [0.05, 0.1) is 12.7 Å². The molecule has 0 aliphatic carbocycles. The largest absolute Gasteiger partial charge is 0.371 e. The Morgan fingerprint density at radius 1 is 1.60 bits per heavy atom. The van der Waals surface area contributed by atoms with Crippen molar-refractivity contribution >= 4 is 11.3 Å². The van der Waals surface area contributed by atoms with E-state index in [1.807, 2.05) is 0 Å². The van der Waals surface area contributed by atoms with Gasteiger partial charge < -0.3 is 10.1 Å². The molecular formula is C12H19NOS. The molecule has 1 aliphatic heterocycles. The molecule has 0 radical (unpaired) electrons. The van der Waals surface area contributed by atoms with Crippen molar-refractivity contribution in [1.82, 2.24) is 5.32 Å². The Balaban J connectivity index is 1.73. The van der Waals surface area contributed by atoms with E-state index in [2.05, 4.69) is 29.8 Å². The van der Waals surface area contributed by atoms with Gasteiger partial charge in [-0.2, -0.15) is 0 Å². The highest BCUT2D eigenvalue weighted by Gasteiger charge is 2.14. The maximum atomic E-state index is 5.87.